The normalized spacial score (nSPS) is 11.9. The first-order valence-corrected chi connectivity index (χ1v) is 10.4. The molecule has 3 aromatic rings. The van der Waals surface area contributed by atoms with Crippen molar-refractivity contribution in [2.75, 3.05) is 0 Å². The van der Waals surface area contributed by atoms with E-state index < -0.39 is 10.0 Å². The van der Waals surface area contributed by atoms with Gasteiger partial charge in [-0.1, -0.05) is 42.5 Å². The molecule has 0 saturated carbocycles. The predicted octanol–water partition coefficient (Wildman–Crippen LogP) is 3.26. The molecule has 0 aliphatic rings. The van der Waals surface area contributed by atoms with Gasteiger partial charge in [-0.05, 0) is 42.7 Å². The lowest BCUT2D eigenvalue weighted by Gasteiger charge is -2.09. The maximum atomic E-state index is 12.6. The van der Waals surface area contributed by atoms with Crippen LogP contribution >= 0.6 is 11.3 Å². The Bertz CT molecular complexity index is 1070. The molecule has 1 N–H and O–H groups in total. The van der Waals surface area contributed by atoms with Crippen LogP contribution in [0.1, 0.15) is 24.5 Å². The minimum absolute atomic E-state index is 0.0562. The summed E-state index contributed by atoms with van der Waals surface area (Å²) in [4.78, 5) is 12.2. The van der Waals surface area contributed by atoms with Gasteiger partial charge in [-0.2, -0.15) is 0 Å². The quantitative estimate of drug-likeness (QED) is 0.718. The van der Waals surface area contributed by atoms with Crippen molar-refractivity contribution in [2.45, 2.75) is 38.3 Å². The van der Waals surface area contributed by atoms with E-state index in [4.69, 9.17) is 0 Å². The van der Waals surface area contributed by atoms with Crippen molar-refractivity contribution in [1.29, 1.82) is 0 Å². The monoisotopic (exact) mass is 376 g/mol. The standard InChI is InChI=1S/C18H20N2O3S2/c1-3-10-20-16-9-8-15(11-17(16)24-18(20)21)25(22,23)19-12-14-7-5-4-6-13(14)2/h4-9,11,19H,3,10,12H2,1-2H3. The number of nitrogens with zero attached hydrogens (tertiary/aromatic N) is 1. The molecule has 0 bridgehead atoms. The van der Waals surface area contributed by atoms with Crippen LogP contribution in [0, 0.1) is 6.92 Å². The molecule has 7 heteroatoms. The molecule has 0 amide bonds. The Labute approximate surface area is 151 Å². The molecule has 5 nitrogen and oxygen atoms in total. The molecule has 25 heavy (non-hydrogen) atoms. The smallest absolute Gasteiger partial charge is 0.299 e. The van der Waals surface area contributed by atoms with Gasteiger partial charge in [0, 0.05) is 13.1 Å². The number of fused-ring (bicyclic) bond motifs is 1. The first-order chi connectivity index (χ1) is 11.9. The van der Waals surface area contributed by atoms with Gasteiger partial charge in [0.05, 0.1) is 15.1 Å². The van der Waals surface area contributed by atoms with Gasteiger partial charge in [-0.25, -0.2) is 13.1 Å². The number of nitrogens with one attached hydrogen (secondary N) is 1. The van der Waals surface area contributed by atoms with Crippen molar-refractivity contribution >= 4 is 31.6 Å². The Morgan fingerprint density at radius 2 is 1.92 bits per heavy atom. The summed E-state index contributed by atoms with van der Waals surface area (Å²) in [5.74, 6) is 0. The van der Waals surface area contributed by atoms with Crippen molar-refractivity contribution in [3.63, 3.8) is 0 Å². The molecule has 0 aliphatic heterocycles. The third-order valence-electron chi connectivity index (χ3n) is 4.11. The van der Waals surface area contributed by atoms with Gasteiger partial charge in [0.25, 0.3) is 0 Å². The molecule has 3 rings (SSSR count). The van der Waals surface area contributed by atoms with Gasteiger partial charge in [-0.3, -0.25) is 9.36 Å². The van der Waals surface area contributed by atoms with E-state index in [-0.39, 0.29) is 16.3 Å². The van der Waals surface area contributed by atoms with Gasteiger partial charge in [0.2, 0.25) is 10.0 Å². The van der Waals surface area contributed by atoms with Crippen LogP contribution in [0.15, 0.2) is 52.2 Å². The number of aromatic nitrogens is 1. The van der Waals surface area contributed by atoms with E-state index in [1.807, 2.05) is 38.1 Å². The molecule has 0 spiro atoms. The predicted molar refractivity (Wildman–Crippen MR) is 102 cm³/mol. The molecule has 2 aromatic carbocycles. The second-order valence-corrected chi connectivity index (χ2v) is 8.66. The first-order valence-electron chi connectivity index (χ1n) is 8.10. The van der Waals surface area contributed by atoms with Crippen molar-refractivity contribution < 1.29 is 8.42 Å². The highest BCUT2D eigenvalue weighted by molar-refractivity contribution is 7.89. The maximum absolute atomic E-state index is 12.6. The Kier molecular flexibility index (Phi) is 5.08. The summed E-state index contributed by atoms with van der Waals surface area (Å²) in [6.07, 6.45) is 0.851. The number of benzene rings is 2. The molecule has 0 atom stereocenters. The summed E-state index contributed by atoms with van der Waals surface area (Å²) in [6, 6.07) is 12.5. The second-order valence-electron chi connectivity index (χ2n) is 5.90. The summed E-state index contributed by atoms with van der Waals surface area (Å²) in [5, 5.41) is 0. The number of sulfonamides is 1. The van der Waals surface area contributed by atoms with Crippen molar-refractivity contribution in [3.05, 3.63) is 63.3 Å². The Balaban J connectivity index is 1.89. The Morgan fingerprint density at radius 3 is 2.64 bits per heavy atom. The van der Waals surface area contributed by atoms with Crippen LogP contribution in [0.3, 0.4) is 0 Å². The van der Waals surface area contributed by atoms with Crippen LogP contribution in [-0.2, 0) is 23.1 Å². The van der Waals surface area contributed by atoms with Crippen molar-refractivity contribution in [2.24, 2.45) is 0 Å². The highest BCUT2D eigenvalue weighted by Gasteiger charge is 2.16. The third-order valence-corrected chi connectivity index (χ3v) is 6.45. The van der Waals surface area contributed by atoms with Gasteiger partial charge < -0.3 is 0 Å². The Hall–Kier alpha value is -1.96. The summed E-state index contributed by atoms with van der Waals surface area (Å²) in [6.45, 7) is 4.82. The van der Waals surface area contributed by atoms with Crippen LogP contribution in [0.4, 0.5) is 0 Å². The highest BCUT2D eigenvalue weighted by atomic mass is 32.2. The zero-order valence-corrected chi connectivity index (χ0v) is 15.8. The molecule has 0 saturated heterocycles. The zero-order chi connectivity index (χ0) is 18.0. The summed E-state index contributed by atoms with van der Waals surface area (Å²) in [5.41, 5.74) is 2.76. The minimum Gasteiger partial charge on any atom is -0.299 e. The molecule has 0 fully saturated rings. The fourth-order valence-corrected chi connectivity index (χ4v) is 4.78. The van der Waals surface area contributed by atoms with Crippen molar-refractivity contribution in [3.8, 4) is 0 Å². The van der Waals surface area contributed by atoms with Crippen molar-refractivity contribution in [1.82, 2.24) is 9.29 Å². The van der Waals surface area contributed by atoms with Crippen LogP contribution in [0.25, 0.3) is 10.2 Å². The molecular weight excluding hydrogens is 356 g/mol. The molecule has 0 radical (unpaired) electrons. The van der Waals surface area contributed by atoms with Crippen LogP contribution < -0.4 is 9.60 Å². The highest BCUT2D eigenvalue weighted by Crippen LogP contribution is 2.22. The fraction of sp³-hybridized carbons (Fsp3) is 0.278. The van der Waals surface area contributed by atoms with E-state index in [0.29, 0.717) is 11.2 Å². The van der Waals surface area contributed by atoms with E-state index in [9.17, 15) is 13.2 Å². The van der Waals surface area contributed by atoms with E-state index >= 15 is 0 Å². The summed E-state index contributed by atoms with van der Waals surface area (Å²) >= 11 is 1.08. The largest absolute Gasteiger partial charge is 0.308 e. The number of aryl methyl sites for hydroxylation is 2. The Morgan fingerprint density at radius 1 is 1.16 bits per heavy atom. The van der Waals surface area contributed by atoms with Gasteiger partial charge >= 0.3 is 4.87 Å². The fourth-order valence-electron chi connectivity index (χ4n) is 2.71. The van der Waals surface area contributed by atoms with Gasteiger partial charge in [-0.15, -0.1) is 0 Å². The van der Waals surface area contributed by atoms with E-state index in [0.717, 1.165) is 34.4 Å². The van der Waals surface area contributed by atoms with Gasteiger partial charge in [0.1, 0.15) is 0 Å². The average molecular weight is 377 g/mol. The number of thiazole rings is 1. The molecule has 1 aromatic heterocycles. The van der Waals surface area contributed by atoms with Crippen LogP contribution in [0.5, 0.6) is 0 Å². The number of rotatable bonds is 6. The second kappa shape index (κ2) is 7.11. The molecular formula is C18H20N2O3S2. The lowest BCUT2D eigenvalue weighted by atomic mass is 10.1. The van der Waals surface area contributed by atoms with Gasteiger partial charge in [0.15, 0.2) is 0 Å². The summed E-state index contributed by atoms with van der Waals surface area (Å²) < 4.78 is 30.2. The average Bonchev–Trinajstić information content (AvgIpc) is 2.89. The van der Waals surface area contributed by atoms with E-state index in [1.54, 1.807) is 22.8 Å². The molecule has 0 aliphatic carbocycles. The van der Waals surface area contributed by atoms with Crippen LogP contribution in [0.2, 0.25) is 0 Å². The van der Waals surface area contributed by atoms with E-state index in [1.165, 1.54) is 0 Å². The molecule has 0 unspecified atom stereocenters. The summed E-state index contributed by atoms with van der Waals surface area (Å²) in [7, 11) is -3.64. The minimum atomic E-state index is -3.64. The van der Waals surface area contributed by atoms with Crippen LogP contribution in [-0.4, -0.2) is 13.0 Å². The SMILES string of the molecule is CCCn1c(=O)sc2cc(S(=O)(=O)NCc3ccccc3C)ccc21. The molecule has 1 heterocycles. The number of hydrogen-bond donors (Lipinski definition) is 1. The third kappa shape index (κ3) is 3.68. The zero-order valence-electron chi connectivity index (χ0n) is 14.2. The topological polar surface area (TPSA) is 68.2 Å². The number of hydrogen-bond acceptors (Lipinski definition) is 4. The lowest BCUT2D eigenvalue weighted by Crippen LogP contribution is -2.23. The maximum Gasteiger partial charge on any atom is 0.308 e. The lowest BCUT2D eigenvalue weighted by molar-refractivity contribution is 0.581. The van der Waals surface area contributed by atoms with E-state index in [2.05, 4.69) is 4.72 Å². The molecule has 132 valence electrons. The first kappa shape index (κ1) is 17.8.